The van der Waals surface area contributed by atoms with Gasteiger partial charge in [-0.25, -0.2) is 0 Å². The third-order valence-electron chi connectivity index (χ3n) is 2.46. The second kappa shape index (κ2) is 11.3. The molecule has 0 rings (SSSR count). The number of carbonyl (C=O) groups is 1. The Balaban J connectivity index is 3.30. The highest BCUT2D eigenvalue weighted by Crippen LogP contribution is 2.04. The summed E-state index contributed by atoms with van der Waals surface area (Å²) in [7, 11) is 0. The summed E-state index contributed by atoms with van der Waals surface area (Å²) in [4.78, 5) is 11.4. The highest BCUT2D eigenvalue weighted by molar-refractivity contribution is 7.98. The zero-order valence-electron chi connectivity index (χ0n) is 10.6. The van der Waals surface area contributed by atoms with Crippen LogP contribution < -0.4 is 11.1 Å². The van der Waals surface area contributed by atoms with Gasteiger partial charge in [0.15, 0.2) is 0 Å². The first kappa shape index (κ1) is 15.8. The van der Waals surface area contributed by atoms with Crippen LogP contribution in [0.2, 0.25) is 0 Å². The van der Waals surface area contributed by atoms with Gasteiger partial charge in [0.2, 0.25) is 5.91 Å². The molecule has 0 heterocycles. The summed E-state index contributed by atoms with van der Waals surface area (Å²) in [5, 5.41) is 2.98. The molecule has 1 amide bonds. The Morgan fingerprint density at radius 3 is 2.62 bits per heavy atom. The molecule has 0 aliphatic carbocycles. The van der Waals surface area contributed by atoms with Crippen LogP contribution in [0.15, 0.2) is 0 Å². The molecule has 0 aromatic carbocycles. The van der Waals surface area contributed by atoms with Crippen molar-refractivity contribution in [3.05, 3.63) is 0 Å². The fraction of sp³-hybridized carbons (Fsp3) is 0.917. The van der Waals surface area contributed by atoms with Crippen LogP contribution in [0.25, 0.3) is 0 Å². The number of carbonyl (C=O) groups excluding carboxylic acids is 1. The van der Waals surface area contributed by atoms with Gasteiger partial charge in [-0.05, 0) is 37.3 Å². The second-order valence-corrected chi connectivity index (χ2v) is 5.23. The van der Waals surface area contributed by atoms with Gasteiger partial charge in [-0.1, -0.05) is 19.8 Å². The third kappa shape index (κ3) is 10.3. The summed E-state index contributed by atoms with van der Waals surface area (Å²) in [6.45, 7) is 3.74. The van der Waals surface area contributed by atoms with Crippen LogP contribution in [0.4, 0.5) is 0 Å². The number of nitrogens with one attached hydrogen (secondary N) is 1. The van der Waals surface area contributed by atoms with E-state index in [1.165, 1.54) is 0 Å². The monoisotopic (exact) mass is 246 g/mol. The number of thioether (sulfide) groups is 1. The van der Waals surface area contributed by atoms with E-state index in [2.05, 4.69) is 18.5 Å². The number of amides is 1. The first-order valence-electron chi connectivity index (χ1n) is 6.16. The quantitative estimate of drug-likeness (QED) is 0.580. The Kier molecular flexibility index (Phi) is 11.1. The zero-order valence-corrected chi connectivity index (χ0v) is 11.4. The number of rotatable bonds is 10. The van der Waals surface area contributed by atoms with E-state index in [9.17, 15) is 4.79 Å². The maximum Gasteiger partial charge on any atom is 0.220 e. The van der Waals surface area contributed by atoms with E-state index in [1.54, 1.807) is 0 Å². The standard InChI is InChI=1S/C12H26N2OS/c1-11(10-16-2)9-14-12(15)7-5-3-4-6-8-13/h11H,3-10,13H2,1-2H3,(H,14,15). The molecule has 0 aromatic rings. The highest BCUT2D eigenvalue weighted by atomic mass is 32.2. The Morgan fingerprint density at radius 2 is 2.00 bits per heavy atom. The van der Waals surface area contributed by atoms with Crippen LogP contribution >= 0.6 is 11.8 Å². The molecule has 96 valence electrons. The molecule has 0 saturated carbocycles. The van der Waals surface area contributed by atoms with Gasteiger partial charge in [0.05, 0.1) is 0 Å². The Morgan fingerprint density at radius 1 is 1.31 bits per heavy atom. The second-order valence-electron chi connectivity index (χ2n) is 4.32. The molecule has 0 aromatic heterocycles. The van der Waals surface area contributed by atoms with E-state index >= 15 is 0 Å². The van der Waals surface area contributed by atoms with E-state index < -0.39 is 0 Å². The van der Waals surface area contributed by atoms with Crippen molar-refractivity contribution in [1.29, 1.82) is 0 Å². The number of unbranched alkanes of at least 4 members (excludes halogenated alkanes) is 3. The predicted molar refractivity (Wildman–Crippen MR) is 72.7 cm³/mol. The van der Waals surface area contributed by atoms with Crippen molar-refractivity contribution in [3.8, 4) is 0 Å². The molecule has 16 heavy (non-hydrogen) atoms. The summed E-state index contributed by atoms with van der Waals surface area (Å²) in [6.07, 6.45) is 7.08. The summed E-state index contributed by atoms with van der Waals surface area (Å²) in [5.74, 6) is 1.87. The number of nitrogens with two attached hydrogens (primary N) is 1. The minimum absolute atomic E-state index is 0.195. The summed E-state index contributed by atoms with van der Waals surface area (Å²) >= 11 is 1.83. The predicted octanol–water partition coefficient (Wildman–Crippen LogP) is 2.01. The van der Waals surface area contributed by atoms with Crippen LogP contribution in [0.3, 0.4) is 0 Å². The molecule has 0 radical (unpaired) electrons. The molecule has 0 aliphatic rings. The molecule has 0 aliphatic heterocycles. The van der Waals surface area contributed by atoms with Crippen LogP contribution in [0.1, 0.15) is 39.0 Å². The summed E-state index contributed by atoms with van der Waals surface area (Å²) in [6, 6.07) is 0. The molecule has 1 unspecified atom stereocenters. The van der Waals surface area contributed by atoms with Crippen molar-refractivity contribution in [2.45, 2.75) is 39.0 Å². The van der Waals surface area contributed by atoms with E-state index in [-0.39, 0.29) is 5.91 Å². The Bertz CT molecular complexity index is 176. The molecule has 4 heteroatoms. The maximum absolute atomic E-state index is 11.4. The van der Waals surface area contributed by atoms with Crippen LogP contribution in [0, 0.1) is 5.92 Å². The van der Waals surface area contributed by atoms with Crippen molar-refractivity contribution in [2.24, 2.45) is 11.7 Å². The molecular formula is C12H26N2OS. The fourth-order valence-corrected chi connectivity index (χ4v) is 2.19. The van der Waals surface area contributed by atoms with Crippen molar-refractivity contribution in [1.82, 2.24) is 5.32 Å². The lowest BCUT2D eigenvalue weighted by Crippen LogP contribution is -2.28. The first-order chi connectivity index (χ1) is 7.70. The van der Waals surface area contributed by atoms with E-state index in [4.69, 9.17) is 5.73 Å². The Labute approximate surface area is 104 Å². The van der Waals surface area contributed by atoms with Crippen LogP contribution in [-0.4, -0.2) is 31.0 Å². The molecule has 1 atom stereocenters. The number of hydrogen-bond acceptors (Lipinski definition) is 3. The van der Waals surface area contributed by atoms with Gasteiger partial charge in [-0.15, -0.1) is 0 Å². The van der Waals surface area contributed by atoms with Crippen molar-refractivity contribution in [2.75, 3.05) is 25.1 Å². The maximum atomic E-state index is 11.4. The van der Waals surface area contributed by atoms with Crippen molar-refractivity contribution in [3.63, 3.8) is 0 Å². The molecule has 0 saturated heterocycles. The van der Waals surface area contributed by atoms with Gasteiger partial charge >= 0.3 is 0 Å². The average Bonchev–Trinajstić information content (AvgIpc) is 2.26. The lowest BCUT2D eigenvalue weighted by molar-refractivity contribution is -0.121. The molecule has 3 N–H and O–H groups in total. The van der Waals surface area contributed by atoms with Gasteiger partial charge in [-0.2, -0.15) is 11.8 Å². The van der Waals surface area contributed by atoms with Crippen LogP contribution in [-0.2, 0) is 4.79 Å². The van der Waals surface area contributed by atoms with E-state index in [1.807, 2.05) is 11.8 Å². The van der Waals surface area contributed by atoms with Gasteiger partial charge in [0, 0.05) is 13.0 Å². The van der Waals surface area contributed by atoms with E-state index in [0.717, 1.165) is 44.5 Å². The van der Waals surface area contributed by atoms with Crippen LogP contribution in [0.5, 0.6) is 0 Å². The van der Waals surface area contributed by atoms with Gasteiger partial charge < -0.3 is 11.1 Å². The molecule has 3 nitrogen and oxygen atoms in total. The van der Waals surface area contributed by atoms with E-state index in [0.29, 0.717) is 12.3 Å². The van der Waals surface area contributed by atoms with Crippen molar-refractivity contribution >= 4 is 17.7 Å². The van der Waals surface area contributed by atoms with Gasteiger partial charge in [0.25, 0.3) is 0 Å². The average molecular weight is 246 g/mol. The summed E-state index contributed by atoms with van der Waals surface area (Å²) < 4.78 is 0. The lowest BCUT2D eigenvalue weighted by atomic mass is 10.1. The Hall–Kier alpha value is -0.220. The first-order valence-corrected chi connectivity index (χ1v) is 7.55. The smallest absolute Gasteiger partial charge is 0.220 e. The van der Waals surface area contributed by atoms with Gasteiger partial charge in [-0.3, -0.25) is 4.79 Å². The topological polar surface area (TPSA) is 55.1 Å². The molecule has 0 bridgehead atoms. The largest absolute Gasteiger partial charge is 0.356 e. The molecular weight excluding hydrogens is 220 g/mol. The zero-order chi connectivity index (χ0) is 12.2. The highest BCUT2D eigenvalue weighted by Gasteiger charge is 2.04. The normalized spacial score (nSPS) is 12.4. The van der Waals surface area contributed by atoms with Gasteiger partial charge in [0.1, 0.15) is 0 Å². The number of hydrogen-bond donors (Lipinski definition) is 2. The minimum atomic E-state index is 0.195. The van der Waals surface area contributed by atoms with Crippen molar-refractivity contribution < 1.29 is 4.79 Å². The summed E-state index contributed by atoms with van der Waals surface area (Å²) in [5.41, 5.74) is 5.40. The lowest BCUT2D eigenvalue weighted by Gasteiger charge is -2.10. The fourth-order valence-electron chi connectivity index (χ4n) is 1.50. The SMILES string of the molecule is CSCC(C)CNC(=O)CCCCCCN. The molecule has 0 fully saturated rings. The third-order valence-corrected chi connectivity index (χ3v) is 3.36. The molecule has 0 spiro atoms. The minimum Gasteiger partial charge on any atom is -0.356 e.